The largest absolute Gasteiger partial charge is 0.486 e. The van der Waals surface area contributed by atoms with Crippen LogP contribution in [-0.4, -0.2) is 20.9 Å². The molecule has 5 nitrogen and oxygen atoms in total. The highest BCUT2D eigenvalue weighted by Crippen LogP contribution is 2.26. The van der Waals surface area contributed by atoms with Gasteiger partial charge in [-0.05, 0) is 63.1 Å². The van der Waals surface area contributed by atoms with E-state index in [1.165, 1.54) is 6.07 Å². The van der Waals surface area contributed by atoms with Crippen LogP contribution in [0.2, 0.25) is 0 Å². The van der Waals surface area contributed by atoms with Crippen LogP contribution in [-0.2, 0) is 20.1 Å². The van der Waals surface area contributed by atoms with Crippen molar-refractivity contribution in [3.05, 3.63) is 43.2 Å². The molecule has 0 aliphatic carbocycles. The molecule has 0 fully saturated rings. The summed E-state index contributed by atoms with van der Waals surface area (Å²) < 4.78 is 9.35. The van der Waals surface area contributed by atoms with Gasteiger partial charge in [-0.3, -0.25) is 4.68 Å². The molecular weight excluding hydrogens is 451 g/mol. The first-order valence-corrected chi connectivity index (χ1v) is 8.17. The quantitative estimate of drug-likeness (QED) is 0.686. The van der Waals surface area contributed by atoms with Crippen molar-refractivity contribution < 1.29 is 14.6 Å². The van der Waals surface area contributed by atoms with E-state index < -0.39 is 5.97 Å². The Bertz CT molecular complexity index is 685. The normalized spacial score (nSPS) is 10.7. The smallest absolute Gasteiger partial charge is 0.335 e. The van der Waals surface area contributed by atoms with Gasteiger partial charge in [-0.1, -0.05) is 6.92 Å². The van der Waals surface area contributed by atoms with Crippen molar-refractivity contribution in [3.63, 3.8) is 0 Å². The molecule has 2 aromatic rings. The predicted molar refractivity (Wildman–Crippen MR) is 90.7 cm³/mol. The van der Waals surface area contributed by atoms with E-state index in [1.807, 2.05) is 14.0 Å². The summed E-state index contributed by atoms with van der Waals surface area (Å²) in [4.78, 5) is 11.0. The lowest BCUT2D eigenvalue weighted by Gasteiger charge is -2.09. The zero-order chi connectivity index (χ0) is 15.6. The molecule has 0 atom stereocenters. The summed E-state index contributed by atoms with van der Waals surface area (Å²) in [6, 6.07) is 4.83. The third-order valence-electron chi connectivity index (χ3n) is 3.05. The first kappa shape index (κ1) is 16.3. The third-order valence-corrected chi connectivity index (χ3v) is 4.85. The molecule has 0 saturated heterocycles. The molecular formula is C14H14BrIN2O3. The van der Waals surface area contributed by atoms with Crippen LogP contribution in [0.15, 0.2) is 22.7 Å². The van der Waals surface area contributed by atoms with Crippen LogP contribution < -0.4 is 4.74 Å². The highest BCUT2D eigenvalue weighted by molar-refractivity contribution is 14.1. The molecule has 1 aromatic carbocycles. The standard InChI is InChI=1S/C14H14BrIN2O3/c1-3-10-13(15)11(18(2)17-10)7-21-12-6-8(14(19)20)4-5-9(12)16/h4-6H,3,7H2,1-2H3,(H,19,20). The van der Waals surface area contributed by atoms with E-state index >= 15 is 0 Å². The zero-order valence-electron chi connectivity index (χ0n) is 11.6. The summed E-state index contributed by atoms with van der Waals surface area (Å²) in [6.45, 7) is 2.36. The predicted octanol–water partition coefficient (Wildman–Crippen LogP) is 3.63. The molecule has 1 N–H and O–H groups in total. The van der Waals surface area contributed by atoms with Gasteiger partial charge in [-0.25, -0.2) is 4.79 Å². The van der Waals surface area contributed by atoms with E-state index in [1.54, 1.807) is 16.8 Å². The average Bonchev–Trinajstić information content (AvgIpc) is 2.72. The van der Waals surface area contributed by atoms with Gasteiger partial charge in [0.2, 0.25) is 0 Å². The van der Waals surface area contributed by atoms with Crippen LogP contribution in [0.25, 0.3) is 0 Å². The number of carboxylic acid groups (broad SMARTS) is 1. The summed E-state index contributed by atoms with van der Waals surface area (Å²) in [7, 11) is 1.86. The fourth-order valence-corrected chi connectivity index (χ4v) is 3.09. The molecule has 1 aromatic heterocycles. The van der Waals surface area contributed by atoms with Gasteiger partial charge in [0.25, 0.3) is 0 Å². The van der Waals surface area contributed by atoms with Crippen molar-refractivity contribution in [2.75, 3.05) is 0 Å². The van der Waals surface area contributed by atoms with Gasteiger partial charge in [0, 0.05) is 7.05 Å². The molecule has 0 aliphatic rings. The highest BCUT2D eigenvalue weighted by Gasteiger charge is 2.14. The molecule has 0 bridgehead atoms. The van der Waals surface area contributed by atoms with Crippen LogP contribution in [0.5, 0.6) is 5.75 Å². The molecule has 0 aliphatic heterocycles. The molecule has 112 valence electrons. The molecule has 0 spiro atoms. The number of carboxylic acids is 1. The van der Waals surface area contributed by atoms with Gasteiger partial charge in [0.05, 0.1) is 25.0 Å². The van der Waals surface area contributed by atoms with Gasteiger partial charge in [0.1, 0.15) is 12.4 Å². The van der Waals surface area contributed by atoms with E-state index in [4.69, 9.17) is 9.84 Å². The molecule has 7 heteroatoms. The second-order valence-electron chi connectivity index (χ2n) is 4.42. The van der Waals surface area contributed by atoms with E-state index in [9.17, 15) is 4.79 Å². The number of nitrogens with zero attached hydrogens (tertiary/aromatic N) is 2. The van der Waals surface area contributed by atoms with Gasteiger partial charge in [-0.15, -0.1) is 0 Å². The van der Waals surface area contributed by atoms with Crippen molar-refractivity contribution in [1.82, 2.24) is 9.78 Å². The Morgan fingerprint density at radius 3 is 2.81 bits per heavy atom. The number of aromatic nitrogens is 2. The Morgan fingerprint density at radius 2 is 2.24 bits per heavy atom. The molecule has 21 heavy (non-hydrogen) atoms. The second-order valence-corrected chi connectivity index (χ2v) is 6.38. The van der Waals surface area contributed by atoms with Gasteiger partial charge < -0.3 is 9.84 Å². The van der Waals surface area contributed by atoms with Gasteiger partial charge in [-0.2, -0.15) is 5.10 Å². The van der Waals surface area contributed by atoms with Crippen molar-refractivity contribution in [3.8, 4) is 5.75 Å². The second kappa shape index (κ2) is 6.78. The van der Waals surface area contributed by atoms with E-state index in [-0.39, 0.29) is 5.56 Å². The van der Waals surface area contributed by atoms with Crippen LogP contribution in [0, 0.1) is 3.57 Å². The minimum atomic E-state index is -0.966. The Morgan fingerprint density at radius 1 is 1.52 bits per heavy atom. The number of aryl methyl sites for hydroxylation is 2. The summed E-state index contributed by atoms with van der Waals surface area (Å²) in [5.74, 6) is -0.409. The molecule has 0 amide bonds. The molecule has 1 heterocycles. The summed E-state index contributed by atoms with van der Waals surface area (Å²) in [5.41, 5.74) is 2.11. The zero-order valence-corrected chi connectivity index (χ0v) is 15.3. The first-order chi connectivity index (χ1) is 9.93. The number of hydrogen-bond acceptors (Lipinski definition) is 3. The lowest BCUT2D eigenvalue weighted by molar-refractivity contribution is 0.0696. The average molecular weight is 465 g/mol. The maximum absolute atomic E-state index is 11.0. The Labute approximate surface area is 144 Å². The van der Waals surface area contributed by atoms with Crippen LogP contribution in [0.3, 0.4) is 0 Å². The molecule has 2 rings (SSSR count). The van der Waals surface area contributed by atoms with Gasteiger partial charge >= 0.3 is 5.97 Å². The minimum absolute atomic E-state index is 0.212. The lowest BCUT2D eigenvalue weighted by atomic mass is 10.2. The molecule has 0 saturated carbocycles. The number of carbonyl (C=O) groups is 1. The summed E-state index contributed by atoms with van der Waals surface area (Å²) in [5, 5.41) is 13.4. The summed E-state index contributed by atoms with van der Waals surface area (Å²) in [6.07, 6.45) is 0.834. The van der Waals surface area contributed by atoms with Crippen LogP contribution >= 0.6 is 38.5 Å². The molecule has 0 radical (unpaired) electrons. The monoisotopic (exact) mass is 464 g/mol. The van der Waals surface area contributed by atoms with Gasteiger partial charge in [0.15, 0.2) is 0 Å². The third kappa shape index (κ3) is 3.57. The van der Waals surface area contributed by atoms with E-state index in [2.05, 4.69) is 43.6 Å². The summed E-state index contributed by atoms with van der Waals surface area (Å²) >= 11 is 5.65. The fourth-order valence-electron chi connectivity index (χ4n) is 1.87. The highest BCUT2D eigenvalue weighted by atomic mass is 127. The molecule has 0 unspecified atom stereocenters. The number of halogens is 2. The number of benzene rings is 1. The number of aromatic carboxylic acids is 1. The van der Waals surface area contributed by atoms with Crippen molar-refractivity contribution >= 4 is 44.5 Å². The van der Waals surface area contributed by atoms with Crippen LogP contribution in [0.1, 0.15) is 28.7 Å². The Balaban J connectivity index is 2.22. The topological polar surface area (TPSA) is 64.4 Å². The SMILES string of the molecule is CCc1nn(C)c(COc2cc(C(=O)O)ccc2I)c1Br. The first-order valence-electron chi connectivity index (χ1n) is 6.30. The van der Waals surface area contributed by atoms with E-state index in [0.29, 0.717) is 12.4 Å². The Kier molecular flexibility index (Phi) is 5.26. The van der Waals surface area contributed by atoms with Crippen molar-refractivity contribution in [2.45, 2.75) is 20.0 Å². The minimum Gasteiger partial charge on any atom is -0.486 e. The lowest BCUT2D eigenvalue weighted by Crippen LogP contribution is -2.05. The van der Waals surface area contributed by atoms with Crippen molar-refractivity contribution in [1.29, 1.82) is 0 Å². The fraction of sp³-hybridized carbons (Fsp3) is 0.286. The Hall–Kier alpha value is -1.09. The number of rotatable bonds is 5. The maximum Gasteiger partial charge on any atom is 0.335 e. The van der Waals surface area contributed by atoms with E-state index in [0.717, 1.165) is 25.9 Å². The van der Waals surface area contributed by atoms with Crippen LogP contribution in [0.4, 0.5) is 0 Å². The maximum atomic E-state index is 11.0. The van der Waals surface area contributed by atoms with Crippen molar-refractivity contribution in [2.24, 2.45) is 7.05 Å². The number of ether oxygens (including phenoxy) is 1. The number of hydrogen-bond donors (Lipinski definition) is 1.